The molecule has 0 atom stereocenters. The second kappa shape index (κ2) is 5.11. The third-order valence-corrected chi connectivity index (χ3v) is 1.66. The van der Waals surface area contributed by atoms with Gasteiger partial charge >= 0.3 is 6.18 Å². The summed E-state index contributed by atoms with van der Waals surface area (Å²) >= 11 is 0. The van der Waals surface area contributed by atoms with Crippen LogP contribution in [0.5, 0.6) is 0 Å². The second-order valence-corrected chi connectivity index (χ2v) is 3.11. The first-order valence-electron chi connectivity index (χ1n) is 4.54. The average molecular weight is 223 g/mol. The predicted octanol–water partition coefficient (Wildman–Crippen LogP) is 1.81. The molecule has 1 aromatic rings. The molecule has 0 saturated heterocycles. The Kier molecular flexibility index (Phi) is 4.07. The highest BCUT2D eigenvalue weighted by atomic mass is 19.4. The van der Waals surface area contributed by atoms with Gasteiger partial charge in [0.2, 0.25) is 11.8 Å². The minimum absolute atomic E-state index is 0.0522. The van der Waals surface area contributed by atoms with Gasteiger partial charge in [0.1, 0.15) is 0 Å². The van der Waals surface area contributed by atoms with Crippen LogP contribution in [0, 0.1) is 6.92 Å². The summed E-state index contributed by atoms with van der Waals surface area (Å²) in [6, 6.07) is 0. The fourth-order valence-corrected chi connectivity index (χ4v) is 1.02. The van der Waals surface area contributed by atoms with Crippen LogP contribution in [0.25, 0.3) is 0 Å². The van der Waals surface area contributed by atoms with Crippen LogP contribution in [0.4, 0.5) is 13.2 Å². The van der Waals surface area contributed by atoms with Gasteiger partial charge in [0.15, 0.2) is 0 Å². The smallest absolute Gasteiger partial charge is 0.389 e. The molecule has 86 valence electrons. The van der Waals surface area contributed by atoms with Gasteiger partial charge in [0.25, 0.3) is 0 Å². The van der Waals surface area contributed by atoms with E-state index in [0.29, 0.717) is 18.3 Å². The van der Waals surface area contributed by atoms with Gasteiger partial charge in [0, 0.05) is 13.3 Å². The quantitative estimate of drug-likeness (QED) is 0.773. The average Bonchev–Trinajstić information content (AvgIpc) is 2.49. The molecule has 0 aliphatic rings. The Labute approximate surface area is 84.9 Å². The molecule has 0 fully saturated rings. The lowest BCUT2D eigenvalue weighted by Gasteiger charge is -2.05. The van der Waals surface area contributed by atoms with Crippen LogP contribution in [-0.4, -0.2) is 22.9 Å². The zero-order valence-corrected chi connectivity index (χ0v) is 8.26. The number of aryl methyl sites for hydroxylation is 1. The normalized spacial score (nSPS) is 12.0. The molecule has 15 heavy (non-hydrogen) atoms. The van der Waals surface area contributed by atoms with E-state index in [1.54, 1.807) is 6.92 Å². The Balaban J connectivity index is 2.07. The van der Waals surface area contributed by atoms with E-state index in [1.807, 2.05) is 0 Å². The van der Waals surface area contributed by atoms with Crippen LogP contribution in [0.15, 0.2) is 4.42 Å². The Morgan fingerprint density at radius 3 is 2.60 bits per heavy atom. The molecule has 0 saturated carbocycles. The lowest BCUT2D eigenvalue weighted by molar-refractivity contribution is -0.135. The van der Waals surface area contributed by atoms with Gasteiger partial charge in [0.05, 0.1) is 6.54 Å². The zero-order chi connectivity index (χ0) is 11.3. The summed E-state index contributed by atoms with van der Waals surface area (Å²) in [6.07, 6.45) is -4.80. The van der Waals surface area contributed by atoms with E-state index >= 15 is 0 Å². The van der Waals surface area contributed by atoms with Crippen molar-refractivity contribution >= 4 is 0 Å². The Morgan fingerprint density at radius 2 is 2.07 bits per heavy atom. The minimum Gasteiger partial charge on any atom is -0.424 e. The van der Waals surface area contributed by atoms with Gasteiger partial charge in [-0.15, -0.1) is 10.2 Å². The molecular formula is C8H12F3N3O. The van der Waals surface area contributed by atoms with Crippen LogP contribution in [0.1, 0.15) is 24.6 Å². The maximum atomic E-state index is 11.7. The molecule has 1 N–H and O–H groups in total. The van der Waals surface area contributed by atoms with Gasteiger partial charge < -0.3 is 9.73 Å². The highest BCUT2D eigenvalue weighted by molar-refractivity contribution is 4.77. The second-order valence-electron chi connectivity index (χ2n) is 3.11. The number of nitrogens with one attached hydrogen (secondary N) is 1. The molecular weight excluding hydrogens is 211 g/mol. The van der Waals surface area contributed by atoms with Crippen molar-refractivity contribution in [1.82, 2.24) is 15.5 Å². The fraction of sp³-hybridized carbons (Fsp3) is 0.750. The predicted molar refractivity (Wildman–Crippen MR) is 46.0 cm³/mol. The highest BCUT2D eigenvalue weighted by Gasteiger charge is 2.25. The minimum atomic E-state index is -4.08. The van der Waals surface area contributed by atoms with Gasteiger partial charge in [-0.1, -0.05) is 0 Å². The van der Waals surface area contributed by atoms with Crippen LogP contribution < -0.4 is 5.32 Å². The first-order valence-corrected chi connectivity index (χ1v) is 4.54. The Morgan fingerprint density at radius 1 is 1.33 bits per heavy atom. The van der Waals surface area contributed by atoms with Crippen LogP contribution >= 0.6 is 0 Å². The molecule has 0 bridgehead atoms. The number of halogens is 3. The number of aromatic nitrogens is 2. The summed E-state index contributed by atoms with van der Waals surface area (Å²) in [7, 11) is 0. The van der Waals surface area contributed by atoms with Gasteiger partial charge in [-0.25, -0.2) is 0 Å². The molecule has 0 aromatic carbocycles. The zero-order valence-electron chi connectivity index (χ0n) is 8.26. The molecule has 1 heterocycles. The van der Waals surface area contributed by atoms with Crippen molar-refractivity contribution in [3.05, 3.63) is 11.8 Å². The van der Waals surface area contributed by atoms with Gasteiger partial charge in [-0.3, -0.25) is 0 Å². The summed E-state index contributed by atoms with van der Waals surface area (Å²) in [5, 5.41) is 10.1. The molecule has 0 radical (unpaired) electrons. The van der Waals surface area contributed by atoms with Crippen LogP contribution in [0.3, 0.4) is 0 Å². The van der Waals surface area contributed by atoms with Crippen molar-refractivity contribution in [2.24, 2.45) is 0 Å². The standard InChI is InChI=1S/C8H12F3N3O/c1-6-13-14-7(15-6)5-12-4-2-3-8(9,10)11/h12H,2-5H2,1H3. The summed E-state index contributed by atoms with van der Waals surface area (Å²) in [6.45, 7) is 2.24. The third kappa shape index (κ3) is 5.36. The summed E-state index contributed by atoms with van der Waals surface area (Å²) < 4.78 is 40.2. The number of hydrogen-bond acceptors (Lipinski definition) is 4. The Hall–Kier alpha value is -1.11. The monoisotopic (exact) mass is 223 g/mol. The summed E-state index contributed by atoms with van der Waals surface area (Å²) in [5.74, 6) is 0.835. The molecule has 0 aliphatic heterocycles. The summed E-state index contributed by atoms with van der Waals surface area (Å²) in [4.78, 5) is 0. The third-order valence-electron chi connectivity index (χ3n) is 1.66. The first kappa shape index (κ1) is 12.0. The van der Waals surface area contributed by atoms with E-state index in [-0.39, 0.29) is 13.0 Å². The topological polar surface area (TPSA) is 51.0 Å². The van der Waals surface area contributed by atoms with E-state index in [0.717, 1.165) is 0 Å². The molecule has 0 unspecified atom stereocenters. The lowest BCUT2D eigenvalue weighted by Crippen LogP contribution is -2.17. The van der Waals surface area contributed by atoms with Crippen molar-refractivity contribution in [1.29, 1.82) is 0 Å². The molecule has 0 amide bonds. The van der Waals surface area contributed by atoms with Crippen molar-refractivity contribution in [3.8, 4) is 0 Å². The lowest BCUT2D eigenvalue weighted by atomic mass is 10.3. The molecule has 1 rings (SSSR count). The fourth-order valence-electron chi connectivity index (χ4n) is 1.02. The van der Waals surface area contributed by atoms with Crippen molar-refractivity contribution in [2.75, 3.05) is 6.54 Å². The largest absolute Gasteiger partial charge is 0.424 e. The van der Waals surface area contributed by atoms with E-state index in [1.165, 1.54) is 0 Å². The molecule has 4 nitrogen and oxygen atoms in total. The maximum absolute atomic E-state index is 11.7. The van der Waals surface area contributed by atoms with Crippen molar-refractivity contribution in [2.45, 2.75) is 32.5 Å². The van der Waals surface area contributed by atoms with Crippen molar-refractivity contribution in [3.63, 3.8) is 0 Å². The summed E-state index contributed by atoms with van der Waals surface area (Å²) in [5.41, 5.74) is 0. The Bertz CT molecular complexity index is 298. The SMILES string of the molecule is Cc1nnc(CNCCCC(F)(F)F)o1. The maximum Gasteiger partial charge on any atom is 0.389 e. The van der Waals surface area contributed by atoms with Crippen LogP contribution in [0.2, 0.25) is 0 Å². The van der Waals surface area contributed by atoms with Crippen molar-refractivity contribution < 1.29 is 17.6 Å². The van der Waals surface area contributed by atoms with E-state index in [9.17, 15) is 13.2 Å². The number of rotatable bonds is 5. The molecule has 7 heteroatoms. The molecule has 1 aromatic heterocycles. The first-order chi connectivity index (χ1) is 6.97. The highest BCUT2D eigenvalue weighted by Crippen LogP contribution is 2.20. The number of alkyl halides is 3. The number of hydrogen-bond donors (Lipinski definition) is 1. The number of nitrogens with zero attached hydrogens (tertiary/aromatic N) is 2. The van der Waals surface area contributed by atoms with E-state index in [2.05, 4.69) is 15.5 Å². The van der Waals surface area contributed by atoms with Gasteiger partial charge in [-0.2, -0.15) is 13.2 Å². The van der Waals surface area contributed by atoms with E-state index in [4.69, 9.17) is 4.42 Å². The van der Waals surface area contributed by atoms with E-state index < -0.39 is 12.6 Å². The molecule has 0 spiro atoms. The van der Waals surface area contributed by atoms with Crippen LogP contribution in [-0.2, 0) is 6.54 Å². The molecule has 0 aliphatic carbocycles. The van der Waals surface area contributed by atoms with Gasteiger partial charge in [-0.05, 0) is 13.0 Å².